The molecule has 0 N–H and O–H groups in total. The molecule has 0 amide bonds. The molecule has 0 bridgehead atoms. The van der Waals surface area contributed by atoms with Crippen LogP contribution in [0.5, 0.6) is 0 Å². The third-order valence-electron chi connectivity index (χ3n) is 7.44. The van der Waals surface area contributed by atoms with Crippen molar-refractivity contribution in [3.63, 3.8) is 0 Å². The largest absolute Gasteiger partial charge is 0.239 e. The summed E-state index contributed by atoms with van der Waals surface area (Å²) in [6, 6.07) is 30.2. The summed E-state index contributed by atoms with van der Waals surface area (Å²) in [5, 5.41) is 0. The van der Waals surface area contributed by atoms with Gasteiger partial charge in [-0.2, -0.15) is 4.57 Å². The van der Waals surface area contributed by atoms with Crippen LogP contribution in [0, 0.1) is 0 Å². The predicted molar refractivity (Wildman–Crippen MR) is 132 cm³/mol. The Morgan fingerprint density at radius 3 is 2.06 bits per heavy atom. The molecule has 2 heteroatoms. The first-order chi connectivity index (χ1) is 15.7. The first-order valence-corrected chi connectivity index (χ1v) is 11.9. The molecule has 3 aromatic carbocycles. The van der Waals surface area contributed by atoms with Crippen LogP contribution >= 0.6 is 0 Å². The van der Waals surface area contributed by atoms with Gasteiger partial charge in [0.05, 0.1) is 11.0 Å². The quantitative estimate of drug-likeness (QED) is 0.321. The minimum atomic E-state index is 0.118. The highest BCUT2D eigenvalue weighted by Crippen LogP contribution is 2.66. The fourth-order valence-electron chi connectivity index (χ4n) is 5.74. The maximum absolute atomic E-state index is 5.25. The van der Waals surface area contributed by atoms with Crippen LogP contribution in [0.3, 0.4) is 0 Å². The molecular weight excluding hydrogens is 388 g/mol. The lowest BCUT2D eigenvalue weighted by Crippen LogP contribution is -2.54. The molecule has 1 aliphatic heterocycles. The van der Waals surface area contributed by atoms with Crippen molar-refractivity contribution in [3.05, 3.63) is 96.7 Å². The summed E-state index contributed by atoms with van der Waals surface area (Å²) < 4.78 is 2.58. The average molecular weight is 420 g/mol. The molecular formula is C30H31N2+. The van der Waals surface area contributed by atoms with Crippen molar-refractivity contribution in [2.45, 2.75) is 51.5 Å². The normalized spacial score (nSPS) is 22.0. The molecule has 1 fully saturated rings. The van der Waals surface area contributed by atoms with Crippen LogP contribution in [0.2, 0.25) is 0 Å². The Morgan fingerprint density at radius 2 is 1.41 bits per heavy atom. The van der Waals surface area contributed by atoms with E-state index in [1.807, 2.05) is 13.8 Å². The molecule has 1 saturated carbocycles. The highest BCUT2D eigenvalue weighted by molar-refractivity contribution is 5.81. The van der Waals surface area contributed by atoms with Crippen LogP contribution in [-0.4, -0.2) is 4.98 Å². The SMILES string of the molecule is CC.CCC12CC1(C)c1ccccc1-c1c(-c3ccccc3)nc(-c3ccccc3)c[n+]12. The lowest BCUT2D eigenvalue weighted by molar-refractivity contribution is -0.735. The standard InChI is InChI=1S/C28H25N2.C2H6/c1-3-28-19-27(28,2)23-17-11-10-16-22(23)26-25(21-14-8-5-9-15-21)29-24(18-30(26)28)20-12-6-4-7-13-20;1-2/h4-18H,3,19H2,1-2H3;1-2H3/q+1;. The summed E-state index contributed by atoms with van der Waals surface area (Å²) >= 11 is 0. The van der Waals surface area contributed by atoms with E-state index in [9.17, 15) is 0 Å². The van der Waals surface area contributed by atoms with E-state index in [4.69, 9.17) is 4.98 Å². The molecule has 2 nitrogen and oxygen atoms in total. The number of fused-ring (bicyclic) bond motifs is 6. The minimum absolute atomic E-state index is 0.118. The van der Waals surface area contributed by atoms with Crippen LogP contribution in [0.25, 0.3) is 33.8 Å². The average Bonchev–Trinajstić information content (AvgIpc) is 3.53. The Hall–Kier alpha value is -3.26. The van der Waals surface area contributed by atoms with Gasteiger partial charge in [-0.05, 0) is 18.6 Å². The van der Waals surface area contributed by atoms with Gasteiger partial charge in [0.2, 0.25) is 5.69 Å². The van der Waals surface area contributed by atoms with Crippen LogP contribution in [0.1, 0.15) is 46.1 Å². The Labute approximate surface area is 191 Å². The summed E-state index contributed by atoms with van der Waals surface area (Å²) in [5.41, 5.74) is 8.80. The van der Waals surface area contributed by atoms with Gasteiger partial charge in [-0.1, -0.05) is 99.6 Å². The molecule has 1 aliphatic carbocycles. The molecule has 0 radical (unpaired) electrons. The van der Waals surface area contributed by atoms with Gasteiger partial charge >= 0.3 is 0 Å². The number of nitrogens with zero attached hydrogens (tertiary/aromatic N) is 2. The van der Waals surface area contributed by atoms with E-state index >= 15 is 0 Å². The van der Waals surface area contributed by atoms with E-state index in [0.29, 0.717) is 0 Å². The van der Waals surface area contributed by atoms with E-state index in [-0.39, 0.29) is 11.0 Å². The van der Waals surface area contributed by atoms with E-state index < -0.39 is 0 Å². The lowest BCUT2D eigenvalue weighted by Gasteiger charge is -2.28. The summed E-state index contributed by atoms with van der Waals surface area (Å²) in [4.78, 5) is 5.25. The maximum atomic E-state index is 5.25. The van der Waals surface area contributed by atoms with Crippen LogP contribution in [-0.2, 0) is 11.0 Å². The van der Waals surface area contributed by atoms with Crippen LogP contribution < -0.4 is 4.57 Å². The minimum Gasteiger partial charge on any atom is -0.234 e. The first kappa shape index (κ1) is 20.6. The Kier molecular flexibility index (Phi) is 4.97. The van der Waals surface area contributed by atoms with Crippen molar-refractivity contribution < 1.29 is 4.57 Å². The van der Waals surface area contributed by atoms with Crippen molar-refractivity contribution in [1.29, 1.82) is 0 Å². The second-order valence-corrected chi connectivity index (χ2v) is 8.87. The lowest BCUT2D eigenvalue weighted by atomic mass is 9.82. The zero-order valence-corrected chi connectivity index (χ0v) is 19.5. The Bertz CT molecular complexity index is 1260. The molecule has 6 rings (SSSR count). The van der Waals surface area contributed by atoms with Gasteiger partial charge in [-0.3, -0.25) is 0 Å². The van der Waals surface area contributed by atoms with Gasteiger partial charge in [0.25, 0.3) is 0 Å². The van der Waals surface area contributed by atoms with Crippen LogP contribution in [0.4, 0.5) is 0 Å². The monoisotopic (exact) mass is 419 g/mol. The van der Waals surface area contributed by atoms with Gasteiger partial charge in [0, 0.05) is 24.0 Å². The number of hydrogen-bond donors (Lipinski definition) is 0. The molecule has 1 aromatic heterocycles. The number of rotatable bonds is 3. The molecule has 0 saturated heterocycles. The van der Waals surface area contributed by atoms with Crippen molar-refractivity contribution in [1.82, 2.24) is 4.98 Å². The van der Waals surface area contributed by atoms with Gasteiger partial charge < -0.3 is 0 Å². The first-order valence-electron chi connectivity index (χ1n) is 11.9. The van der Waals surface area contributed by atoms with Gasteiger partial charge in [0.1, 0.15) is 11.4 Å². The fourth-order valence-corrected chi connectivity index (χ4v) is 5.74. The van der Waals surface area contributed by atoms with E-state index in [2.05, 4.69) is 110 Å². The number of benzene rings is 3. The molecule has 2 atom stereocenters. The van der Waals surface area contributed by atoms with Gasteiger partial charge in [-0.15, -0.1) is 0 Å². The second-order valence-electron chi connectivity index (χ2n) is 8.87. The highest BCUT2D eigenvalue weighted by Gasteiger charge is 2.75. The topological polar surface area (TPSA) is 16.8 Å². The fraction of sp³-hybridized carbons (Fsp3) is 0.267. The smallest absolute Gasteiger partial charge is 0.234 e. The molecule has 2 heterocycles. The third-order valence-corrected chi connectivity index (χ3v) is 7.44. The zero-order chi connectivity index (χ0) is 22.3. The zero-order valence-electron chi connectivity index (χ0n) is 19.5. The van der Waals surface area contributed by atoms with Crippen molar-refractivity contribution >= 4 is 0 Å². The molecule has 2 unspecified atom stereocenters. The maximum Gasteiger partial charge on any atom is 0.239 e. The molecule has 160 valence electrons. The highest BCUT2D eigenvalue weighted by atomic mass is 15.2. The van der Waals surface area contributed by atoms with Gasteiger partial charge in [-0.25, -0.2) is 4.98 Å². The van der Waals surface area contributed by atoms with E-state index in [1.165, 1.54) is 28.8 Å². The summed E-state index contributed by atoms with van der Waals surface area (Å²) in [6.07, 6.45) is 4.60. The van der Waals surface area contributed by atoms with E-state index in [0.717, 1.165) is 23.4 Å². The van der Waals surface area contributed by atoms with Crippen LogP contribution in [0.15, 0.2) is 91.1 Å². The van der Waals surface area contributed by atoms with Crippen molar-refractivity contribution in [2.75, 3.05) is 0 Å². The van der Waals surface area contributed by atoms with Gasteiger partial charge in [0.15, 0.2) is 11.7 Å². The number of hydrogen-bond acceptors (Lipinski definition) is 1. The Balaban J connectivity index is 0.00000105. The predicted octanol–water partition coefficient (Wildman–Crippen LogP) is 7.18. The summed E-state index contributed by atoms with van der Waals surface area (Å²) in [7, 11) is 0. The molecule has 4 aromatic rings. The number of aromatic nitrogens is 2. The Morgan fingerprint density at radius 1 is 0.812 bits per heavy atom. The molecule has 2 aliphatic rings. The summed E-state index contributed by atoms with van der Waals surface area (Å²) in [5.74, 6) is 0. The third kappa shape index (κ3) is 2.79. The van der Waals surface area contributed by atoms with Crippen molar-refractivity contribution in [2.24, 2.45) is 0 Å². The molecule has 32 heavy (non-hydrogen) atoms. The van der Waals surface area contributed by atoms with Crippen molar-refractivity contribution in [3.8, 4) is 33.8 Å². The summed E-state index contributed by atoms with van der Waals surface area (Å²) in [6.45, 7) is 8.77. The molecule has 0 spiro atoms. The second kappa shape index (κ2) is 7.70. The van der Waals surface area contributed by atoms with E-state index in [1.54, 1.807) is 0 Å².